The van der Waals surface area contributed by atoms with Gasteiger partial charge in [0, 0.05) is 17.6 Å². The summed E-state index contributed by atoms with van der Waals surface area (Å²) in [5, 5.41) is 8.67. The third-order valence-electron chi connectivity index (χ3n) is 5.12. The fourth-order valence-electron chi connectivity index (χ4n) is 3.95. The zero-order valence-electron chi connectivity index (χ0n) is 14.4. The standard InChI is InChI=1S/C19H22F3N3/c1-3-4-10-18(2)11-25(17(23)24)15-9-8-12-13(16(15)18)6-5-7-14(12)19(20,21)22/h5-9H,3-4,10-11H2,1-2H3,(H3,23,24). The second kappa shape index (κ2) is 5.93. The minimum absolute atomic E-state index is 0.0761. The first-order valence-corrected chi connectivity index (χ1v) is 8.44. The van der Waals surface area contributed by atoms with Gasteiger partial charge in [0.05, 0.1) is 5.56 Å². The predicted octanol–water partition coefficient (Wildman–Crippen LogP) is 5.02. The van der Waals surface area contributed by atoms with Crippen LogP contribution in [0.15, 0.2) is 30.3 Å². The Balaban J connectivity index is 2.30. The summed E-state index contributed by atoms with van der Waals surface area (Å²) in [7, 11) is 0. The molecule has 6 heteroatoms. The lowest BCUT2D eigenvalue weighted by Crippen LogP contribution is -2.39. The predicted molar refractivity (Wildman–Crippen MR) is 95.1 cm³/mol. The summed E-state index contributed by atoms with van der Waals surface area (Å²) in [5.41, 5.74) is 6.41. The number of hydrogen-bond acceptors (Lipinski definition) is 1. The lowest BCUT2D eigenvalue weighted by molar-refractivity contribution is -0.136. The van der Waals surface area contributed by atoms with Gasteiger partial charge in [0.15, 0.2) is 5.96 Å². The number of anilines is 1. The Bertz CT molecular complexity index is 829. The van der Waals surface area contributed by atoms with Gasteiger partial charge in [-0.05, 0) is 34.9 Å². The third kappa shape index (κ3) is 2.83. The number of unbranched alkanes of at least 4 members (excludes halogenated alkanes) is 1. The van der Waals surface area contributed by atoms with Crippen molar-refractivity contribution in [1.29, 1.82) is 5.41 Å². The van der Waals surface area contributed by atoms with E-state index in [-0.39, 0.29) is 16.8 Å². The molecule has 2 aromatic rings. The van der Waals surface area contributed by atoms with Crippen LogP contribution in [0.5, 0.6) is 0 Å². The molecule has 25 heavy (non-hydrogen) atoms. The summed E-state index contributed by atoms with van der Waals surface area (Å²) >= 11 is 0. The van der Waals surface area contributed by atoms with Gasteiger partial charge in [-0.15, -0.1) is 0 Å². The average Bonchev–Trinajstić information content (AvgIpc) is 2.86. The summed E-state index contributed by atoms with van der Waals surface area (Å²) in [6, 6.07) is 7.50. The van der Waals surface area contributed by atoms with Crippen molar-refractivity contribution < 1.29 is 13.2 Å². The molecule has 0 aliphatic carbocycles. The van der Waals surface area contributed by atoms with Gasteiger partial charge in [-0.3, -0.25) is 5.41 Å². The van der Waals surface area contributed by atoms with Crippen molar-refractivity contribution in [3.8, 4) is 0 Å². The van der Waals surface area contributed by atoms with E-state index in [4.69, 9.17) is 11.1 Å². The highest BCUT2D eigenvalue weighted by Crippen LogP contribution is 2.48. The summed E-state index contributed by atoms with van der Waals surface area (Å²) in [6.07, 6.45) is -1.58. The van der Waals surface area contributed by atoms with Gasteiger partial charge >= 0.3 is 6.18 Å². The van der Waals surface area contributed by atoms with E-state index in [0.29, 0.717) is 11.9 Å². The number of nitrogens with zero attached hydrogens (tertiary/aromatic N) is 1. The molecule has 134 valence electrons. The van der Waals surface area contributed by atoms with Gasteiger partial charge < -0.3 is 10.6 Å². The number of benzene rings is 2. The molecule has 0 saturated carbocycles. The molecule has 1 unspecified atom stereocenters. The van der Waals surface area contributed by atoms with Crippen LogP contribution in [0.3, 0.4) is 0 Å². The Morgan fingerprint density at radius 1 is 1.24 bits per heavy atom. The molecule has 1 atom stereocenters. The topological polar surface area (TPSA) is 53.1 Å². The molecule has 1 heterocycles. The molecule has 0 bridgehead atoms. The lowest BCUT2D eigenvalue weighted by atomic mass is 9.77. The highest BCUT2D eigenvalue weighted by molar-refractivity contribution is 6.02. The molecule has 3 N–H and O–H groups in total. The molecular formula is C19H22F3N3. The molecule has 3 rings (SSSR count). The molecular weight excluding hydrogens is 327 g/mol. The van der Waals surface area contributed by atoms with Crippen LogP contribution < -0.4 is 10.6 Å². The van der Waals surface area contributed by atoms with Crippen LogP contribution in [0.25, 0.3) is 10.8 Å². The molecule has 2 aromatic carbocycles. The fraction of sp³-hybridized carbons (Fsp3) is 0.421. The normalized spacial score (nSPS) is 20.1. The van der Waals surface area contributed by atoms with Crippen LogP contribution in [-0.4, -0.2) is 12.5 Å². The van der Waals surface area contributed by atoms with Crippen LogP contribution in [0.1, 0.15) is 44.2 Å². The number of alkyl halides is 3. The molecule has 0 aromatic heterocycles. The van der Waals surface area contributed by atoms with Crippen molar-refractivity contribution in [3.63, 3.8) is 0 Å². The molecule has 0 amide bonds. The van der Waals surface area contributed by atoms with Crippen molar-refractivity contribution in [2.24, 2.45) is 5.73 Å². The minimum Gasteiger partial charge on any atom is -0.370 e. The van der Waals surface area contributed by atoms with E-state index in [1.54, 1.807) is 17.0 Å². The average molecular weight is 349 g/mol. The van der Waals surface area contributed by atoms with Crippen LogP contribution >= 0.6 is 0 Å². The van der Waals surface area contributed by atoms with E-state index < -0.39 is 11.7 Å². The maximum absolute atomic E-state index is 13.4. The monoisotopic (exact) mass is 349 g/mol. The highest BCUT2D eigenvalue weighted by atomic mass is 19.4. The van der Waals surface area contributed by atoms with E-state index in [2.05, 4.69) is 13.8 Å². The SMILES string of the molecule is CCCCC1(C)CN(C(=N)N)c2ccc3c(C(F)(F)F)cccc3c21. The van der Waals surface area contributed by atoms with Crippen molar-refractivity contribution in [2.75, 3.05) is 11.4 Å². The van der Waals surface area contributed by atoms with Crippen LogP contribution in [0.2, 0.25) is 0 Å². The Kier molecular flexibility index (Phi) is 4.17. The lowest BCUT2D eigenvalue weighted by Gasteiger charge is -2.26. The van der Waals surface area contributed by atoms with Crippen molar-refractivity contribution >= 4 is 22.4 Å². The number of fused-ring (bicyclic) bond motifs is 3. The van der Waals surface area contributed by atoms with Gasteiger partial charge in [-0.1, -0.05) is 44.9 Å². The third-order valence-corrected chi connectivity index (χ3v) is 5.12. The second-order valence-electron chi connectivity index (χ2n) is 6.99. The Hall–Kier alpha value is -2.24. The van der Waals surface area contributed by atoms with Gasteiger partial charge in [-0.25, -0.2) is 0 Å². The first kappa shape index (κ1) is 17.6. The molecule has 3 nitrogen and oxygen atoms in total. The molecule has 0 spiro atoms. The van der Waals surface area contributed by atoms with E-state index in [0.717, 1.165) is 36.6 Å². The van der Waals surface area contributed by atoms with E-state index in [1.807, 2.05) is 0 Å². The van der Waals surface area contributed by atoms with Gasteiger partial charge in [-0.2, -0.15) is 13.2 Å². The molecule has 1 aliphatic rings. The Labute approximate surface area is 145 Å². The first-order chi connectivity index (χ1) is 11.7. The molecule has 1 aliphatic heterocycles. The number of hydrogen-bond donors (Lipinski definition) is 2. The van der Waals surface area contributed by atoms with Crippen molar-refractivity contribution in [1.82, 2.24) is 0 Å². The van der Waals surface area contributed by atoms with Crippen LogP contribution in [0.4, 0.5) is 18.9 Å². The first-order valence-electron chi connectivity index (χ1n) is 8.44. The quantitative estimate of drug-likeness (QED) is 0.604. The Morgan fingerprint density at radius 2 is 1.96 bits per heavy atom. The van der Waals surface area contributed by atoms with E-state index >= 15 is 0 Å². The Morgan fingerprint density at radius 3 is 2.56 bits per heavy atom. The number of halogens is 3. The molecule has 0 radical (unpaired) electrons. The number of nitrogens with one attached hydrogen (secondary N) is 1. The van der Waals surface area contributed by atoms with Crippen molar-refractivity contribution in [3.05, 3.63) is 41.5 Å². The fourth-order valence-corrected chi connectivity index (χ4v) is 3.95. The summed E-state index contributed by atoms with van der Waals surface area (Å²) in [6.45, 7) is 4.67. The number of guanidine groups is 1. The number of nitrogens with two attached hydrogens (primary N) is 1. The summed E-state index contributed by atoms with van der Waals surface area (Å²) < 4.78 is 40.2. The second-order valence-corrected chi connectivity index (χ2v) is 6.99. The zero-order chi connectivity index (χ0) is 18.4. The van der Waals surface area contributed by atoms with Gasteiger partial charge in [0.25, 0.3) is 0 Å². The van der Waals surface area contributed by atoms with E-state index in [1.165, 1.54) is 12.1 Å². The highest BCUT2D eigenvalue weighted by Gasteiger charge is 2.42. The molecule has 0 fully saturated rings. The maximum atomic E-state index is 13.4. The zero-order valence-corrected chi connectivity index (χ0v) is 14.4. The molecule has 0 saturated heterocycles. The van der Waals surface area contributed by atoms with Crippen LogP contribution in [-0.2, 0) is 11.6 Å². The number of rotatable bonds is 3. The van der Waals surface area contributed by atoms with E-state index in [9.17, 15) is 13.2 Å². The summed E-state index contributed by atoms with van der Waals surface area (Å²) in [4.78, 5) is 1.70. The largest absolute Gasteiger partial charge is 0.417 e. The summed E-state index contributed by atoms with van der Waals surface area (Å²) in [5.74, 6) is -0.0761. The van der Waals surface area contributed by atoms with Crippen LogP contribution in [0, 0.1) is 5.41 Å². The smallest absolute Gasteiger partial charge is 0.370 e. The van der Waals surface area contributed by atoms with Gasteiger partial charge in [0.2, 0.25) is 0 Å². The maximum Gasteiger partial charge on any atom is 0.417 e. The minimum atomic E-state index is -4.40. The van der Waals surface area contributed by atoms with Gasteiger partial charge in [0.1, 0.15) is 0 Å². The van der Waals surface area contributed by atoms with Crippen molar-refractivity contribution in [2.45, 2.75) is 44.7 Å².